The van der Waals surface area contributed by atoms with Crippen molar-refractivity contribution in [3.63, 3.8) is 0 Å². The predicted octanol–water partition coefficient (Wildman–Crippen LogP) is 4.30. The summed E-state index contributed by atoms with van der Waals surface area (Å²) in [7, 11) is 0. The molecule has 3 aromatic carbocycles. The molecule has 2 aliphatic rings. The third-order valence-corrected chi connectivity index (χ3v) is 9.10. The van der Waals surface area contributed by atoms with E-state index in [2.05, 4.69) is 27.2 Å². The fourth-order valence-electron chi connectivity index (χ4n) is 6.36. The Morgan fingerprint density at radius 3 is 2.26 bits per heavy atom. The van der Waals surface area contributed by atoms with Gasteiger partial charge in [-0.1, -0.05) is 42.5 Å². The first kappa shape index (κ1) is 32.5. The number of hydrogen-bond acceptors (Lipinski definition) is 9. The lowest BCUT2D eigenvalue weighted by Gasteiger charge is -2.39. The highest BCUT2D eigenvalue weighted by Crippen LogP contribution is 2.25. The van der Waals surface area contributed by atoms with Crippen LogP contribution in [0.4, 0.5) is 5.95 Å². The molecule has 254 valence electrons. The van der Waals surface area contributed by atoms with Gasteiger partial charge in [-0.15, -0.1) is 0 Å². The molecule has 2 N–H and O–H groups in total. The summed E-state index contributed by atoms with van der Waals surface area (Å²) >= 11 is 0. The Morgan fingerprint density at radius 1 is 0.860 bits per heavy atom. The summed E-state index contributed by atoms with van der Waals surface area (Å²) in [6.45, 7) is 5.29. The van der Waals surface area contributed by atoms with Crippen LogP contribution in [0.2, 0.25) is 0 Å². The summed E-state index contributed by atoms with van der Waals surface area (Å²) in [6, 6.07) is 26.8. The van der Waals surface area contributed by atoms with E-state index in [1.54, 1.807) is 53.3 Å². The second-order valence-corrected chi connectivity index (χ2v) is 12.3. The number of carboxylic acids is 1. The van der Waals surface area contributed by atoms with Gasteiger partial charge in [-0.05, 0) is 66.9 Å². The molecule has 0 radical (unpaired) electrons. The van der Waals surface area contributed by atoms with Gasteiger partial charge in [0.25, 0.3) is 11.5 Å². The number of aromatic carboxylic acids is 1. The molecular weight excluding hydrogens is 636 g/mol. The summed E-state index contributed by atoms with van der Waals surface area (Å²) < 4.78 is 12.8. The Kier molecular flexibility index (Phi) is 9.26. The van der Waals surface area contributed by atoms with Gasteiger partial charge in [-0.2, -0.15) is 4.98 Å². The van der Waals surface area contributed by atoms with Crippen LogP contribution in [0.15, 0.2) is 108 Å². The van der Waals surface area contributed by atoms with Crippen LogP contribution in [-0.4, -0.2) is 75.4 Å². The van der Waals surface area contributed by atoms with Crippen molar-refractivity contribution >= 4 is 28.9 Å². The summed E-state index contributed by atoms with van der Waals surface area (Å²) in [5.41, 5.74) is 4.18. The number of anilines is 1. The minimum absolute atomic E-state index is 0.0434. The van der Waals surface area contributed by atoms with Crippen LogP contribution in [0.5, 0.6) is 0 Å². The van der Waals surface area contributed by atoms with E-state index in [9.17, 15) is 14.4 Å². The van der Waals surface area contributed by atoms with Gasteiger partial charge in [0.15, 0.2) is 11.4 Å². The molecular formula is C38H36N6O6. The van der Waals surface area contributed by atoms with Gasteiger partial charge < -0.3 is 24.8 Å². The number of aryl methyl sites for hydroxylation is 1. The topological polar surface area (TPSA) is 139 Å². The highest BCUT2D eigenvalue weighted by Gasteiger charge is 2.31. The molecule has 0 spiro atoms. The number of benzene rings is 3. The van der Waals surface area contributed by atoms with Crippen molar-refractivity contribution in [2.45, 2.75) is 25.9 Å². The van der Waals surface area contributed by atoms with Crippen LogP contribution in [0.3, 0.4) is 0 Å². The molecule has 0 saturated carbocycles. The number of nitrogens with zero attached hydrogens (tertiary/aromatic N) is 5. The second-order valence-electron chi connectivity index (χ2n) is 12.3. The minimum atomic E-state index is -1.00. The van der Waals surface area contributed by atoms with E-state index in [0.29, 0.717) is 35.9 Å². The fourth-order valence-corrected chi connectivity index (χ4v) is 6.36. The van der Waals surface area contributed by atoms with Crippen molar-refractivity contribution in [3.8, 4) is 5.69 Å². The van der Waals surface area contributed by atoms with E-state index in [-0.39, 0.29) is 36.4 Å². The molecule has 0 bridgehead atoms. The van der Waals surface area contributed by atoms with Crippen LogP contribution in [-0.2, 0) is 22.4 Å². The van der Waals surface area contributed by atoms with Gasteiger partial charge in [0.2, 0.25) is 12.7 Å². The van der Waals surface area contributed by atoms with Crippen molar-refractivity contribution in [1.82, 2.24) is 24.8 Å². The molecule has 12 nitrogen and oxygen atoms in total. The maximum Gasteiger partial charge on any atom is 0.335 e. The highest BCUT2D eigenvalue weighted by molar-refractivity contribution is 5.94. The fraction of sp³-hybridized carbons (Fsp3) is 0.237. The quantitative estimate of drug-likeness (QED) is 0.221. The maximum absolute atomic E-state index is 13.3. The van der Waals surface area contributed by atoms with Gasteiger partial charge in [0.05, 0.1) is 23.0 Å². The number of hydrogen-bond donors (Lipinski definition) is 2. The Bertz CT molecular complexity index is 2110. The third-order valence-electron chi connectivity index (χ3n) is 9.10. The Hall–Kier alpha value is -6.01. The number of pyridine rings is 1. The predicted molar refractivity (Wildman–Crippen MR) is 187 cm³/mol. The van der Waals surface area contributed by atoms with Crippen molar-refractivity contribution < 1.29 is 24.2 Å². The van der Waals surface area contributed by atoms with E-state index in [0.717, 1.165) is 41.9 Å². The number of nitrogens with one attached hydrogen (secondary N) is 1. The van der Waals surface area contributed by atoms with E-state index >= 15 is 0 Å². The van der Waals surface area contributed by atoms with Gasteiger partial charge in [0, 0.05) is 49.7 Å². The first-order valence-corrected chi connectivity index (χ1v) is 16.4. The lowest BCUT2D eigenvalue weighted by atomic mass is 10.0. The Morgan fingerprint density at radius 2 is 1.58 bits per heavy atom. The SMILES string of the molecule is Cc1nc(N2CCN(C(Cc3ccccc3)C3=COCO3)CC2)nc2c1ccc(=O)n2-c1ccc(C(=O)NCc2ccc(C(=O)O)cc2)cc1. The van der Waals surface area contributed by atoms with E-state index < -0.39 is 5.97 Å². The molecule has 50 heavy (non-hydrogen) atoms. The largest absolute Gasteiger partial charge is 0.478 e. The van der Waals surface area contributed by atoms with Crippen molar-refractivity contribution in [2.24, 2.45) is 0 Å². The summed E-state index contributed by atoms with van der Waals surface area (Å²) in [5.74, 6) is 0.0910. The zero-order chi connectivity index (χ0) is 34.6. The molecule has 4 heterocycles. The van der Waals surface area contributed by atoms with E-state index in [1.165, 1.54) is 23.8 Å². The Balaban J connectivity index is 1.08. The number of carbonyl (C=O) groups is 2. The van der Waals surface area contributed by atoms with Crippen molar-refractivity contribution in [2.75, 3.05) is 37.9 Å². The van der Waals surface area contributed by atoms with Crippen molar-refractivity contribution in [1.29, 1.82) is 0 Å². The van der Waals surface area contributed by atoms with Crippen molar-refractivity contribution in [3.05, 3.63) is 141 Å². The lowest BCUT2D eigenvalue weighted by molar-refractivity contribution is 0.0579. The molecule has 7 rings (SSSR count). The van der Waals surface area contributed by atoms with E-state index in [1.807, 2.05) is 25.1 Å². The Labute approximate surface area is 288 Å². The number of amides is 1. The molecule has 2 aromatic heterocycles. The number of carbonyl (C=O) groups excluding carboxylic acids is 1. The number of piperazine rings is 1. The average molecular weight is 673 g/mol. The molecule has 0 aliphatic carbocycles. The summed E-state index contributed by atoms with van der Waals surface area (Å²) in [4.78, 5) is 51.6. The number of aromatic nitrogens is 3. The number of rotatable bonds is 10. The average Bonchev–Trinajstić information content (AvgIpc) is 3.68. The molecule has 2 aliphatic heterocycles. The highest BCUT2D eigenvalue weighted by atomic mass is 16.7. The number of ether oxygens (including phenoxy) is 2. The monoisotopic (exact) mass is 672 g/mol. The number of carboxylic acid groups (broad SMARTS) is 1. The molecule has 12 heteroatoms. The smallest absolute Gasteiger partial charge is 0.335 e. The summed E-state index contributed by atoms with van der Waals surface area (Å²) in [6.07, 6.45) is 2.52. The van der Waals surface area contributed by atoms with Gasteiger partial charge in [-0.3, -0.25) is 19.1 Å². The normalized spacial score (nSPS) is 15.2. The molecule has 1 saturated heterocycles. The molecule has 1 atom stereocenters. The zero-order valence-corrected chi connectivity index (χ0v) is 27.5. The molecule has 1 fully saturated rings. The molecule has 1 unspecified atom stereocenters. The van der Waals surface area contributed by atoms with Crippen LogP contribution in [0, 0.1) is 6.92 Å². The first-order valence-electron chi connectivity index (χ1n) is 16.4. The van der Waals surface area contributed by atoms with Crippen LogP contribution >= 0.6 is 0 Å². The third kappa shape index (κ3) is 6.92. The van der Waals surface area contributed by atoms with Gasteiger partial charge >= 0.3 is 5.97 Å². The molecule has 5 aromatic rings. The maximum atomic E-state index is 13.3. The minimum Gasteiger partial charge on any atom is -0.478 e. The first-order chi connectivity index (χ1) is 24.3. The zero-order valence-electron chi connectivity index (χ0n) is 27.5. The van der Waals surface area contributed by atoms with Gasteiger partial charge in [-0.25, -0.2) is 9.78 Å². The molecule has 1 amide bonds. The second kappa shape index (κ2) is 14.2. The lowest BCUT2D eigenvalue weighted by Crippen LogP contribution is -2.52. The van der Waals surface area contributed by atoms with Crippen LogP contribution < -0.4 is 15.8 Å². The van der Waals surface area contributed by atoms with Crippen LogP contribution in [0.1, 0.15) is 37.5 Å². The summed E-state index contributed by atoms with van der Waals surface area (Å²) in [5, 5.41) is 12.7. The van der Waals surface area contributed by atoms with Crippen LogP contribution in [0.25, 0.3) is 16.7 Å². The van der Waals surface area contributed by atoms with E-state index in [4.69, 9.17) is 24.5 Å². The number of fused-ring (bicyclic) bond motifs is 1. The standard InChI is InChI=1S/C38H36N6O6/c1-25-31-15-16-34(45)44(30-13-11-28(12-14-30)36(46)39-22-27-7-9-29(10-8-27)37(47)48)35(31)41-38(40-25)43-19-17-42(18-20-43)32(33-23-49-24-50-33)21-26-5-3-2-4-6-26/h2-16,23,32H,17-22,24H2,1H3,(H,39,46)(H,47,48). The van der Waals surface area contributed by atoms with Gasteiger partial charge in [0.1, 0.15) is 6.26 Å².